The normalized spacial score (nSPS) is 18.8. The van der Waals surface area contributed by atoms with Crippen LogP contribution in [0.25, 0.3) is 0 Å². The van der Waals surface area contributed by atoms with Gasteiger partial charge in [0.2, 0.25) is 0 Å². The largest absolute Gasteiger partial charge is 0.450 e. The van der Waals surface area contributed by atoms with Crippen molar-refractivity contribution in [3.63, 3.8) is 0 Å². The van der Waals surface area contributed by atoms with E-state index in [1.807, 2.05) is 23.2 Å². The smallest absolute Gasteiger partial charge is 0.409 e. The molecular weight excluding hydrogens is 284 g/mol. The van der Waals surface area contributed by atoms with E-state index in [9.17, 15) is 4.79 Å². The van der Waals surface area contributed by atoms with Crippen molar-refractivity contribution in [1.82, 2.24) is 10.2 Å². The molecule has 4 nitrogen and oxygen atoms in total. The van der Waals surface area contributed by atoms with E-state index in [0.29, 0.717) is 12.6 Å². The third-order valence-electron chi connectivity index (χ3n) is 4.38. The molecule has 0 atom stereocenters. The molecule has 0 spiro atoms. The second-order valence-electron chi connectivity index (χ2n) is 5.86. The van der Waals surface area contributed by atoms with E-state index in [0.717, 1.165) is 32.5 Å². The minimum absolute atomic E-state index is 0.161. The third-order valence-corrected chi connectivity index (χ3v) is 5.62. The summed E-state index contributed by atoms with van der Waals surface area (Å²) in [6, 6.07) is 2.90. The van der Waals surface area contributed by atoms with Gasteiger partial charge in [0.1, 0.15) is 0 Å². The van der Waals surface area contributed by atoms with Crippen LogP contribution >= 0.6 is 11.3 Å². The van der Waals surface area contributed by atoms with Gasteiger partial charge in [-0.25, -0.2) is 4.79 Å². The van der Waals surface area contributed by atoms with Crippen molar-refractivity contribution in [3.8, 4) is 0 Å². The van der Waals surface area contributed by atoms with Crippen molar-refractivity contribution < 1.29 is 9.53 Å². The number of amides is 1. The highest BCUT2D eigenvalue weighted by atomic mass is 32.1. The average Bonchev–Trinajstić information content (AvgIpc) is 3.07. The van der Waals surface area contributed by atoms with Crippen LogP contribution in [0.3, 0.4) is 0 Å². The lowest BCUT2D eigenvalue weighted by Gasteiger charge is -2.31. The second kappa shape index (κ2) is 6.79. The summed E-state index contributed by atoms with van der Waals surface area (Å²) in [7, 11) is 0. The molecule has 1 aromatic rings. The summed E-state index contributed by atoms with van der Waals surface area (Å²) in [5.74, 6) is 0. The molecule has 0 radical (unpaired) electrons. The summed E-state index contributed by atoms with van der Waals surface area (Å²) in [4.78, 5) is 16.5. The molecular formula is C16H24N2O2S. The number of fused-ring (bicyclic) bond motifs is 1. The van der Waals surface area contributed by atoms with Gasteiger partial charge in [-0.15, -0.1) is 11.3 Å². The first-order valence-electron chi connectivity index (χ1n) is 8.02. The molecule has 1 fully saturated rings. The molecule has 0 aromatic carbocycles. The van der Waals surface area contributed by atoms with Crippen molar-refractivity contribution in [1.29, 1.82) is 0 Å². The van der Waals surface area contributed by atoms with Crippen molar-refractivity contribution in [2.75, 3.05) is 19.7 Å². The van der Waals surface area contributed by atoms with Crippen molar-refractivity contribution in [2.24, 2.45) is 0 Å². The van der Waals surface area contributed by atoms with Crippen LogP contribution < -0.4 is 5.32 Å². The number of carbonyl (C=O) groups excluding carboxylic acids is 1. The molecule has 1 amide bonds. The SMILES string of the molecule is CCOC(=O)N1CCC(NCc2cc3c(s2)CCC3)CC1. The summed E-state index contributed by atoms with van der Waals surface area (Å²) in [5.41, 5.74) is 1.58. The van der Waals surface area contributed by atoms with Crippen LogP contribution in [0.5, 0.6) is 0 Å². The molecule has 3 rings (SSSR count). The zero-order valence-electron chi connectivity index (χ0n) is 12.7. The quantitative estimate of drug-likeness (QED) is 0.930. The predicted molar refractivity (Wildman–Crippen MR) is 84.8 cm³/mol. The molecule has 1 aliphatic heterocycles. The molecule has 1 aliphatic carbocycles. The summed E-state index contributed by atoms with van der Waals surface area (Å²) in [5, 5.41) is 3.65. The Hall–Kier alpha value is -1.07. The number of likely N-dealkylation sites (tertiary alicyclic amines) is 1. The van der Waals surface area contributed by atoms with E-state index >= 15 is 0 Å². The maximum absolute atomic E-state index is 11.6. The van der Waals surface area contributed by atoms with Crippen molar-refractivity contribution >= 4 is 17.4 Å². The fraction of sp³-hybridized carbons (Fsp3) is 0.688. The van der Waals surface area contributed by atoms with Crippen molar-refractivity contribution in [2.45, 2.75) is 51.6 Å². The fourth-order valence-electron chi connectivity index (χ4n) is 3.20. The number of hydrogen-bond donors (Lipinski definition) is 1. The Kier molecular flexibility index (Phi) is 4.80. The maximum Gasteiger partial charge on any atom is 0.409 e. The summed E-state index contributed by atoms with van der Waals surface area (Å²) in [6.07, 6.45) is 5.75. The van der Waals surface area contributed by atoms with E-state index in [2.05, 4.69) is 11.4 Å². The second-order valence-corrected chi connectivity index (χ2v) is 7.08. The molecule has 0 saturated carbocycles. The van der Waals surface area contributed by atoms with Gasteiger partial charge in [0.25, 0.3) is 0 Å². The Morgan fingerprint density at radius 2 is 2.24 bits per heavy atom. The van der Waals surface area contributed by atoms with Gasteiger partial charge in [-0.05, 0) is 50.7 Å². The Morgan fingerprint density at radius 3 is 2.95 bits per heavy atom. The van der Waals surface area contributed by atoms with Gasteiger partial charge in [-0.1, -0.05) is 0 Å². The number of aryl methyl sites for hydroxylation is 2. The Morgan fingerprint density at radius 1 is 1.43 bits per heavy atom. The maximum atomic E-state index is 11.6. The number of hydrogen-bond acceptors (Lipinski definition) is 4. The molecule has 0 unspecified atom stereocenters. The molecule has 116 valence electrons. The minimum Gasteiger partial charge on any atom is -0.450 e. The van der Waals surface area contributed by atoms with Gasteiger partial charge in [0.05, 0.1) is 6.61 Å². The van der Waals surface area contributed by atoms with Gasteiger partial charge in [-0.3, -0.25) is 0 Å². The molecule has 5 heteroatoms. The number of rotatable bonds is 4. The average molecular weight is 308 g/mol. The lowest BCUT2D eigenvalue weighted by atomic mass is 10.1. The van der Waals surface area contributed by atoms with Crippen LogP contribution in [-0.2, 0) is 24.1 Å². The first-order chi connectivity index (χ1) is 10.3. The van der Waals surface area contributed by atoms with Crippen LogP contribution in [0.2, 0.25) is 0 Å². The highest BCUT2D eigenvalue weighted by Crippen LogP contribution is 2.30. The molecule has 21 heavy (non-hydrogen) atoms. The predicted octanol–water partition coefficient (Wildman–Crippen LogP) is 2.95. The molecule has 2 aliphatic rings. The highest BCUT2D eigenvalue weighted by Gasteiger charge is 2.23. The van der Waals surface area contributed by atoms with E-state index in [1.165, 1.54) is 24.1 Å². The third kappa shape index (κ3) is 3.58. The fourth-order valence-corrected chi connectivity index (χ4v) is 4.42. The van der Waals surface area contributed by atoms with Crippen LogP contribution in [0, 0.1) is 0 Å². The summed E-state index contributed by atoms with van der Waals surface area (Å²) >= 11 is 1.98. The first-order valence-corrected chi connectivity index (χ1v) is 8.83. The summed E-state index contributed by atoms with van der Waals surface area (Å²) < 4.78 is 5.05. The van der Waals surface area contributed by atoms with Gasteiger partial charge in [0.15, 0.2) is 0 Å². The van der Waals surface area contributed by atoms with Crippen LogP contribution in [0.4, 0.5) is 4.79 Å². The van der Waals surface area contributed by atoms with Crippen LogP contribution in [0.1, 0.15) is 41.5 Å². The van der Waals surface area contributed by atoms with E-state index in [4.69, 9.17) is 4.74 Å². The molecule has 1 aromatic heterocycles. The Bertz CT molecular complexity index is 471. The lowest BCUT2D eigenvalue weighted by molar-refractivity contribution is 0.0950. The van der Waals surface area contributed by atoms with Gasteiger partial charge in [0, 0.05) is 35.4 Å². The monoisotopic (exact) mass is 308 g/mol. The highest BCUT2D eigenvalue weighted by molar-refractivity contribution is 7.12. The molecule has 1 saturated heterocycles. The van der Waals surface area contributed by atoms with Crippen LogP contribution in [-0.4, -0.2) is 36.7 Å². The number of nitrogens with zero attached hydrogens (tertiary/aromatic N) is 1. The van der Waals surface area contributed by atoms with E-state index < -0.39 is 0 Å². The van der Waals surface area contributed by atoms with Gasteiger partial charge < -0.3 is 15.0 Å². The molecule has 0 bridgehead atoms. The Balaban J connectivity index is 1.42. The number of thiophene rings is 1. The van der Waals surface area contributed by atoms with Crippen LogP contribution in [0.15, 0.2) is 6.07 Å². The number of carbonyl (C=O) groups is 1. The van der Waals surface area contributed by atoms with E-state index in [-0.39, 0.29) is 6.09 Å². The Labute approximate surface area is 130 Å². The minimum atomic E-state index is -0.161. The van der Waals surface area contributed by atoms with E-state index in [1.54, 1.807) is 10.4 Å². The zero-order valence-corrected chi connectivity index (χ0v) is 13.5. The zero-order chi connectivity index (χ0) is 14.7. The number of ether oxygens (including phenoxy) is 1. The lowest BCUT2D eigenvalue weighted by Crippen LogP contribution is -2.44. The standard InChI is InChI=1S/C16H24N2O2S/c1-2-20-16(19)18-8-6-13(7-9-18)17-11-14-10-12-4-3-5-15(12)21-14/h10,13,17H,2-9,11H2,1H3. The number of nitrogens with one attached hydrogen (secondary N) is 1. The first kappa shape index (κ1) is 14.9. The van der Waals surface area contributed by atoms with Crippen molar-refractivity contribution in [3.05, 3.63) is 21.4 Å². The topological polar surface area (TPSA) is 41.6 Å². The van der Waals surface area contributed by atoms with Gasteiger partial charge >= 0.3 is 6.09 Å². The molecule has 1 N–H and O–H groups in total. The molecule has 2 heterocycles. The number of piperidine rings is 1. The summed E-state index contributed by atoms with van der Waals surface area (Å²) in [6.45, 7) is 4.89. The van der Waals surface area contributed by atoms with Gasteiger partial charge in [-0.2, -0.15) is 0 Å².